The molecule has 0 atom stereocenters. The molecule has 0 bridgehead atoms. The number of hydrogen-bond acceptors (Lipinski definition) is 2. The molecular weight excluding hydrogens is 296 g/mol. The summed E-state index contributed by atoms with van der Waals surface area (Å²) in [7, 11) is 0. The molecule has 3 heteroatoms. The van der Waals surface area contributed by atoms with Crippen molar-refractivity contribution in [2.24, 2.45) is 0 Å². The molecule has 0 saturated carbocycles. The van der Waals surface area contributed by atoms with E-state index in [4.69, 9.17) is 0 Å². The summed E-state index contributed by atoms with van der Waals surface area (Å²) in [6.45, 7) is 8.60. The van der Waals surface area contributed by atoms with Gasteiger partial charge >= 0.3 is 0 Å². The standard InChI is InChI=1S/C21H26N2O/c1-15-13-16(2)21(23-11-7-8-12-23)17(3)20(15)22-19(24)14-18-9-5-4-6-10-18/h4-6,9-10,13H,7-8,11-12,14H2,1-3H3,(H,22,24). The lowest BCUT2D eigenvalue weighted by atomic mass is 10.0. The van der Waals surface area contributed by atoms with Crippen molar-refractivity contribution in [1.29, 1.82) is 0 Å². The number of benzene rings is 2. The number of carbonyl (C=O) groups excluding carboxylic acids is 1. The molecule has 0 spiro atoms. The van der Waals surface area contributed by atoms with E-state index in [0.717, 1.165) is 29.9 Å². The minimum Gasteiger partial charge on any atom is -0.371 e. The Morgan fingerprint density at radius 3 is 2.38 bits per heavy atom. The van der Waals surface area contributed by atoms with Crippen molar-refractivity contribution in [1.82, 2.24) is 0 Å². The smallest absolute Gasteiger partial charge is 0.228 e. The summed E-state index contributed by atoms with van der Waals surface area (Å²) in [5.41, 5.74) is 6.94. The molecule has 126 valence electrons. The molecule has 0 aliphatic carbocycles. The number of nitrogens with one attached hydrogen (secondary N) is 1. The zero-order valence-corrected chi connectivity index (χ0v) is 14.9. The first-order valence-electron chi connectivity index (χ1n) is 8.76. The van der Waals surface area contributed by atoms with Gasteiger partial charge in [0.2, 0.25) is 5.91 Å². The van der Waals surface area contributed by atoms with Crippen molar-refractivity contribution >= 4 is 17.3 Å². The summed E-state index contributed by atoms with van der Waals surface area (Å²) < 4.78 is 0. The van der Waals surface area contributed by atoms with Crippen LogP contribution in [0.5, 0.6) is 0 Å². The molecule has 1 saturated heterocycles. The van der Waals surface area contributed by atoms with E-state index in [9.17, 15) is 4.79 Å². The topological polar surface area (TPSA) is 32.3 Å². The quantitative estimate of drug-likeness (QED) is 0.905. The second kappa shape index (κ2) is 7.08. The SMILES string of the molecule is Cc1cc(C)c(N2CCCC2)c(C)c1NC(=O)Cc1ccccc1. The lowest BCUT2D eigenvalue weighted by Gasteiger charge is -2.26. The van der Waals surface area contributed by atoms with Gasteiger partial charge in [-0.25, -0.2) is 0 Å². The third kappa shape index (κ3) is 3.45. The van der Waals surface area contributed by atoms with Crippen LogP contribution >= 0.6 is 0 Å². The fourth-order valence-electron chi connectivity index (χ4n) is 3.76. The van der Waals surface area contributed by atoms with Crippen LogP contribution in [-0.2, 0) is 11.2 Å². The highest BCUT2D eigenvalue weighted by atomic mass is 16.1. The van der Waals surface area contributed by atoms with E-state index in [-0.39, 0.29) is 5.91 Å². The Balaban J connectivity index is 1.84. The molecule has 2 aromatic carbocycles. The molecule has 3 nitrogen and oxygen atoms in total. The highest BCUT2D eigenvalue weighted by Gasteiger charge is 2.20. The van der Waals surface area contributed by atoms with Gasteiger partial charge in [-0.05, 0) is 55.9 Å². The van der Waals surface area contributed by atoms with Crippen molar-refractivity contribution in [3.05, 3.63) is 58.7 Å². The lowest BCUT2D eigenvalue weighted by molar-refractivity contribution is -0.115. The van der Waals surface area contributed by atoms with Crippen LogP contribution in [0.25, 0.3) is 0 Å². The van der Waals surface area contributed by atoms with Crippen LogP contribution in [-0.4, -0.2) is 19.0 Å². The molecule has 2 aromatic rings. The van der Waals surface area contributed by atoms with Gasteiger partial charge in [-0.3, -0.25) is 4.79 Å². The zero-order valence-electron chi connectivity index (χ0n) is 14.9. The van der Waals surface area contributed by atoms with Gasteiger partial charge in [-0.15, -0.1) is 0 Å². The largest absolute Gasteiger partial charge is 0.371 e. The van der Waals surface area contributed by atoms with Gasteiger partial charge in [0.15, 0.2) is 0 Å². The number of carbonyl (C=O) groups is 1. The van der Waals surface area contributed by atoms with E-state index in [1.54, 1.807) is 0 Å². The Hall–Kier alpha value is -2.29. The molecule has 1 amide bonds. The van der Waals surface area contributed by atoms with E-state index in [2.05, 4.69) is 37.1 Å². The number of hydrogen-bond donors (Lipinski definition) is 1. The average Bonchev–Trinajstić information content (AvgIpc) is 3.06. The molecule has 24 heavy (non-hydrogen) atoms. The number of anilines is 2. The highest BCUT2D eigenvalue weighted by molar-refractivity contribution is 5.95. The maximum Gasteiger partial charge on any atom is 0.228 e. The third-order valence-corrected chi connectivity index (χ3v) is 4.83. The van der Waals surface area contributed by atoms with Gasteiger partial charge in [0.1, 0.15) is 0 Å². The Bertz CT molecular complexity index is 731. The van der Waals surface area contributed by atoms with E-state index in [0.29, 0.717) is 6.42 Å². The molecule has 0 aromatic heterocycles. The Morgan fingerprint density at radius 1 is 1.04 bits per heavy atom. The minimum absolute atomic E-state index is 0.0450. The molecular formula is C21H26N2O. The van der Waals surface area contributed by atoms with Crippen LogP contribution in [0.3, 0.4) is 0 Å². The van der Waals surface area contributed by atoms with E-state index in [1.165, 1.54) is 29.7 Å². The zero-order chi connectivity index (χ0) is 17.1. The first kappa shape index (κ1) is 16.6. The minimum atomic E-state index is 0.0450. The van der Waals surface area contributed by atoms with E-state index >= 15 is 0 Å². The molecule has 3 rings (SSSR count). The third-order valence-electron chi connectivity index (χ3n) is 4.83. The van der Waals surface area contributed by atoms with Gasteiger partial charge < -0.3 is 10.2 Å². The van der Waals surface area contributed by atoms with Crippen molar-refractivity contribution in [3.8, 4) is 0 Å². The van der Waals surface area contributed by atoms with E-state index < -0.39 is 0 Å². The Morgan fingerprint density at radius 2 is 1.71 bits per heavy atom. The maximum absolute atomic E-state index is 12.5. The molecule has 1 N–H and O–H groups in total. The van der Waals surface area contributed by atoms with Crippen LogP contribution in [0.2, 0.25) is 0 Å². The van der Waals surface area contributed by atoms with Crippen LogP contribution in [0.15, 0.2) is 36.4 Å². The van der Waals surface area contributed by atoms with Crippen molar-refractivity contribution in [2.75, 3.05) is 23.3 Å². The highest BCUT2D eigenvalue weighted by Crippen LogP contribution is 2.35. The van der Waals surface area contributed by atoms with Crippen LogP contribution in [0.1, 0.15) is 35.1 Å². The fraction of sp³-hybridized carbons (Fsp3) is 0.381. The van der Waals surface area contributed by atoms with Gasteiger partial charge in [0, 0.05) is 24.5 Å². The summed E-state index contributed by atoms with van der Waals surface area (Å²) in [5.74, 6) is 0.0450. The second-order valence-electron chi connectivity index (χ2n) is 6.76. The summed E-state index contributed by atoms with van der Waals surface area (Å²) in [4.78, 5) is 14.9. The first-order valence-corrected chi connectivity index (χ1v) is 8.76. The first-order chi connectivity index (χ1) is 11.6. The Labute approximate surface area is 144 Å². The molecule has 1 fully saturated rings. The summed E-state index contributed by atoms with van der Waals surface area (Å²) in [5, 5.41) is 3.15. The normalized spacial score (nSPS) is 14.0. The predicted octanol–water partition coefficient (Wildman–Crippen LogP) is 4.39. The molecule has 1 heterocycles. The lowest BCUT2D eigenvalue weighted by Crippen LogP contribution is -2.22. The number of amides is 1. The molecule has 1 aliphatic heterocycles. The van der Waals surface area contributed by atoms with Crippen molar-refractivity contribution in [3.63, 3.8) is 0 Å². The van der Waals surface area contributed by atoms with Gasteiger partial charge in [0.05, 0.1) is 6.42 Å². The second-order valence-corrected chi connectivity index (χ2v) is 6.76. The van der Waals surface area contributed by atoms with Gasteiger partial charge in [-0.1, -0.05) is 36.4 Å². The van der Waals surface area contributed by atoms with Gasteiger partial charge in [0.25, 0.3) is 0 Å². The average molecular weight is 322 g/mol. The van der Waals surface area contributed by atoms with Gasteiger partial charge in [-0.2, -0.15) is 0 Å². The Kier molecular flexibility index (Phi) is 4.89. The summed E-state index contributed by atoms with van der Waals surface area (Å²) in [6, 6.07) is 12.1. The van der Waals surface area contributed by atoms with Crippen molar-refractivity contribution < 1.29 is 4.79 Å². The van der Waals surface area contributed by atoms with Crippen LogP contribution < -0.4 is 10.2 Å². The summed E-state index contributed by atoms with van der Waals surface area (Å²) in [6.07, 6.45) is 2.91. The van der Waals surface area contributed by atoms with Crippen LogP contribution in [0, 0.1) is 20.8 Å². The van der Waals surface area contributed by atoms with Crippen LogP contribution in [0.4, 0.5) is 11.4 Å². The van der Waals surface area contributed by atoms with Crippen molar-refractivity contribution in [2.45, 2.75) is 40.0 Å². The number of aryl methyl sites for hydroxylation is 2. The number of nitrogens with zero attached hydrogens (tertiary/aromatic N) is 1. The van der Waals surface area contributed by atoms with E-state index in [1.807, 2.05) is 30.3 Å². The monoisotopic (exact) mass is 322 g/mol. The molecule has 0 unspecified atom stereocenters. The predicted molar refractivity (Wildman–Crippen MR) is 101 cm³/mol. The number of rotatable bonds is 4. The summed E-state index contributed by atoms with van der Waals surface area (Å²) >= 11 is 0. The fourth-order valence-corrected chi connectivity index (χ4v) is 3.76. The maximum atomic E-state index is 12.5. The molecule has 0 radical (unpaired) electrons. The molecule has 1 aliphatic rings.